The Bertz CT molecular complexity index is 379. The third kappa shape index (κ3) is 1.40. The number of fused-ring (bicyclic) bond motifs is 1. The van der Waals surface area contributed by atoms with Crippen molar-refractivity contribution >= 4 is 11.6 Å². The van der Waals surface area contributed by atoms with Crippen LogP contribution in [0.2, 0.25) is 5.15 Å². The van der Waals surface area contributed by atoms with Gasteiger partial charge in [0.2, 0.25) is 0 Å². The Labute approximate surface area is 82.2 Å². The molecule has 0 saturated heterocycles. The smallest absolute Gasteiger partial charge is 0.147 e. The number of aromatic nitrogens is 1. The summed E-state index contributed by atoms with van der Waals surface area (Å²) in [6, 6.07) is 2.13. The van der Waals surface area contributed by atoms with E-state index < -0.39 is 0 Å². The van der Waals surface area contributed by atoms with Crippen LogP contribution in [0.15, 0.2) is 6.20 Å². The summed E-state index contributed by atoms with van der Waals surface area (Å²) in [7, 11) is 0. The van der Waals surface area contributed by atoms with Gasteiger partial charge in [-0.2, -0.15) is 5.26 Å². The first kappa shape index (κ1) is 8.52. The van der Waals surface area contributed by atoms with E-state index in [-0.39, 0.29) is 0 Å². The van der Waals surface area contributed by atoms with Gasteiger partial charge in [-0.3, -0.25) is 0 Å². The summed E-state index contributed by atoms with van der Waals surface area (Å²) in [4.78, 5) is 4.01. The first-order chi connectivity index (χ1) is 6.33. The molecule has 0 saturated carbocycles. The third-order valence-corrected chi connectivity index (χ3v) is 2.75. The highest BCUT2D eigenvalue weighted by molar-refractivity contribution is 6.30. The Kier molecular flexibility index (Phi) is 2.20. The molecule has 0 N–H and O–H groups in total. The fraction of sp³-hybridized carbons (Fsp3) is 0.400. The minimum atomic E-state index is 0.350. The van der Waals surface area contributed by atoms with Gasteiger partial charge in [0.1, 0.15) is 11.2 Å². The van der Waals surface area contributed by atoms with Gasteiger partial charge in [0.25, 0.3) is 0 Å². The summed E-state index contributed by atoms with van der Waals surface area (Å²) in [6.07, 6.45) is 6.16. The van der Waals surface area contributed by atoms with Crippen molar-refractivity contribution in [3.63, 3.8) is 0 Å². The summed E-state index contributed by atoms with van der Waals surface area (Å²) in [5.74, 6) is 0. The van der Waals surface area contributed by atoms with E-state index in [1.165, 1.54) is 12.0 Å². The molecule has 66 valence electrons. The Morgan fingerprint density at radius 3 is 2.92 bits per heavy atom. The SMILES string of the molecule is N#Cc1c(Cl)ncc2c1CCCC2. The van der Waals surface area contributed by atoms with Crippen molar-refractivity contribution in [3.05, 3.63) is 28.0 Å². The summed E-state index contributed by atoms with van der Waals surface area (Å²) in [6.45, 7) is 0. The van der Waals surface area contributed by atoms with Crippen LogP contribution in [0.1, 0.15) is 29.5 Å². The second-order valence-electron chi connectivity index (χ2n) is 3.25. The van der Waals surface area contributed by atoms with Crippen molar-refractivity contribution in [1.29, 1.82) is 5.26 Å². The summed E-state index contributed by atoms with van der Waals surface area (Å²) in [5, 5.41) is 9.25. The van der Waals surface area contributed by atoms with Gasteiger partial charge < -0.3 is 0 Å². The Morgan fingerprint density at radius 2 is 2.15 bits per heavy atom. The van der Waals surface area contributed by atoms with Gasteiger partial charge in [-0.05, 0) is 36.8 Å². The van der Waals surface area contributed by atoms with E-state index in [4.69, 9.17) is 16.9 Å². The highest BCUT2D eigenvalue weighted by Gasteiger charge is 2.16. The van der Waals surface area contributed by atoms with Crippen LogP contribution in [0.25, 0.3) is 0 Å². The molecule has 1 heterocycles. The molecule has 1 aromatic rings. The molecule has 0 amide bonds. The number of aryl methyl sites for hydroxylation is 1. The Balaban J connectivity index is 2.60. The lowest BCUT2D eigenvalue weighted by Crippen LogP contribution is -2.06. The van der Waals surface area contributed by atoms with E-state index in [0.717, 1.165) is 24.8 Å². The van der Waals surface area contributed by atoms with Crippen molar-refractivity contribution < 1.29 is 0 Å². The molecule has 0 radical (unpaired) electrons. The van der Waals surface area contributed by atoms with Crippen LogP contribution in [-0.2, 0) is 12.8 Å². The number of nitriles is 1. The molecule has 0 aromatic carbocycles. The molecule has 2 rings (SSSR count). The van der Waals surface area contributed by atoms with Gasteiger partial charge >= 0.3 is 0 Å². The molecule has 2 nitrogen and oxygen atoms in total. The lowest BCUT2D eigenvalue weighted by atomic mass is 9.90. The van der Waals surface area contributed by atoms with Crippen molar-refractivity contribution in [3.8, 4) is 6.07 Å². The zero-order valence-electron chi connectivity index (χ0n) is 7.18. The van der Waals surface area contributed by atoms with Gasteiger partial charge in [-0.15, -0.1) is 0 Å². The van der Waals surface area contributed by atoms with Crippen molar-refractivity contribution in [2.24, 2.45) is 0 Å². The quantitative estimate of drug-likeness (QED) is 0.593. The lowest BCUT2D eigenvalue weighted by Gasteiger charge is -2.16. The minimum absolute atomic E-state index is 0.350. The van der Waals surface area contributed by atoms with Crippen LogP contribution >= 0.6 is 11.6 Å². The van der Waals surface area contributed by atoms with Crippen molar-refractivity contribution in [2.45, 2.75) is 25.7 Å². The fourth-order valence-corrected chi connectivity index (χ4v) is 2.00. The predicted molar refractivity (Wildman–Crippen MR) is 50.6 cm³/mol. The van der Waals surface area contributed by atoms with E-state index in [9.17, 15) is 0 Å². The first-order valence-electron chi connectivity index (χ1n) is 4.39. The van der Waals surface area contributed by atoms with Gasteiger partial charge in [-0.25, -0.2) is 4.98 Å². The average molecular weight is 193 g/mol. The monoisotopic (exact) mass is 192 g/mol. The highest BCUT2D eigenvalue weighted by Crippen LogP contribution is 2.26. The predicted octanol–water partition coefficient (Wildman–Crippen LogP) is 2.49. The minimum Gasteiger partial charge on any atom is -0.243 e. The average Bonchev–Trinajstić information content (AvgIpc) is 2.18. The number of halogens is 1. The number of pyridine rings is 1. The van der Waals surface area contributed by atoms with Crippen molar-refractivity contribution in [1.82, 2.24) is 4.98 Å². The number of hydrogen-bond donors (Lipinski definition) is 0. The van der Waals surface area contributed by atoms with Gasteiger partial charge in [0.15, 0.2) is 0 Å². The summed E-state index contributed by atoms with van der Waals surface area (Å²) >= 11 is 5.83. The number of hydrogen-bond acceptors (Lipinski definition) is 2. The molecule has 0 unspecified atom stereocenters. The number of nitrogens with zero attached hydrogens (tertiary/aromatic N) is 2. The normalized spacial score (nSPS) is 14.8. The van der Waals surface area contributed by atoms with Crippen molar-refractivity contribution in [2.75, 3.05) is 0 Å². The maximum Gasteiger partial charge on any atom is 0.147 e. The molecule has 0 bridgehead atoms. The molecular formula is C10H9ClN2. The zero-order valence-corrected chi connectivity index (χ0v) is 7.93. The molecular weight excluding hydrogens is 184 g/mol. The second-order valence-corrected chi connectivity index (χ2v) is 3.60. The standard InChI is InChI=1S/C10H9ClN2/c11-10-9(5-12)8-4-2-1-3-7(8)6-13-10/h6H,1-4H2. The molecule has 1 aliphatic rings. The molecule has 0 aliphatic heterocycles. The van der Waals surface area contributed by atoms with Crippen LogP contribution in [0, 0.1) is 11.3 Å². The van der Waals surface area contributed by atoms with E-state index in [1.54, 1.807) is 6.20 Å². The first-order valence-corrected chi connectivity index (χ1v) is 4.77. The van der Waals surface area contributed by atoms with E-state index in [0.29, 0.717) is 10.7 Å². The number of rotatable bonds is 0. The molecule has 13 heavy (non-hydrogen) atoms. The Morgan fingerprint density at radius 1 is 1.38 bits per heavy atom. The molecule has 3 heteroatoms. The van der Waals surface area contributed by atoms with Gasteiger partial charge in [0.05, 0.1) is 5.56 Å². The third-order valence-electron chi connectivity index (χ3n) is 2.46. The van der Waals surface area contributed by atoms with E-state index in [1.807, 2.05) is 0 Å². The lowest BCUT2D eigenvalue weighted by molar-refractivity contribution is 0.680. The van der Waals surface area contributed by atoms with Crippen LogP contribution < -0.4 is 0 Å². The highest BCUT2D eigenvalue weighted by atomic mass is 35.5. The molecule has 1 aromatic heterocycles. The maximum atomic E-state index is 8.90. The molecule has 0 fully saturated rings. The maximum absolute atomic E-state index is 8.90. The van der Waals surface area contributed by atoms with Crippen LogP contribution in [0.3, 0.4) is 0 Å². The van der Waals surface area contributed by atoms with E-state index in [2.05, 4.69) is 11.1 Å². The summed E-state index contributed by atoms with van der Waals surface area (Å²) < 4.78 is 0. The van der Waals surface area contributed by atoms with Gasteiger partial charge in [0, 0.05) is 6.20 Å². The topological polar surface area (TPSA) is 36.7 Å². The largest absolute Gasteiger partial charge is 0.243 e. The molecule has 0 atom stereocenters. The van der Waals surface area contributed by atoms with E-state index >= 15 is 0 Å². The molecule has 1 aliphatic carbocycles. The second kappa shape index (κ2) is 3.35. The van der Waals surface area contributed by atoms with Crippen LogP contribution in [0.4, 0.5) is 0 Å². The fourth-order valence-electron chi connectivity index (χ4n) is 1.79. The van der Waals surface area contributed by atoms with Gasteiger partial charge in [-0.1, -0.05) is 11.6 Å². The molecule has 0 spiro atoms. The Hall–Kier alpha value is -1.07. The van der Waals surface area contributed by atoms with Crippen LogP contribution in [0.5, 0.6) is 0 Å². The van der Waals surface area contributed by atoms with Crippen LogP contribution in [-0.4, -0.2) is 4.98 Å². The zero-order chi connectivity index (χ0) is 9.26. The summed E-state index contributed by atoms with van der Waals surface area (Å²) in [5.41, 5.74) is 2.90.